The number of methoxy groups -OCH3 is 2. The van der Waals surface area contributed by atoms with Crippen LogP contribution in [0.2, 0.25) is 0 Å². The number of benzene rings is 3. The Morgan fingerprint density at radius 3 is 2.19 bits per heavy atom. The second-order valence-corrected chi connectivity index (χ2v) is 7.27. The van der Waals surface area contributed by atoms with E-state index >= 15 is 0 Å². The van der Waals surface area contributed by atoms with Crippen LogP contribution in [0.25, 0.3) is 5.57 Å². The highest BCUT2D eigenvalue weighted by atomic mass is 16.5. The fourth-order valence-corrected chi connectivity index (χ4v) is 3.68. The van der Waals surface area contributed by atoms with Crippen LogP contribution in [-0.4, -0.2) is 26.0 Å². The quantitative estimate of drug-likeness (QED) is 0.554. The Kier molecular flexibility index (Phi) is 5.94. The van der Waals surface area contributed by atoms with Crippen LogP contribution in [0.15, 0.2) is 78.5 Å². The van der Waals surface area contributed by atoms with Gasteiger partial charge in [0.25, 0.3) is 11.8 Å². The number of rotatable bonds is 7. The second-order valence-electron chi connectivity index (χ2n) is 7.27. The lowest BCUT2D eigenvalue weighted by Crippen LogP contribution is -2.32. The van der Waals surface area contributed by atoms with Gasteiger partial charge in [-0.1, -0.05) is 49.4 Å². The molecule has 1 heterocycles. The summed E-state index contributed by atoms with van der Waals surface area (Å²) in [4.78, 5) is 28.2. The Morgan fingerprint density at radius 1 is 0.844 bits per heavy atom. The third-order valence-electron chi connectivity index (χ3n) is 5.42. The Bertz CT molecular complexity index is 1180. The van der Waals surface area contributed by atoms with Gasteiger partial charge >= 0.3 is 0 Å². The Hall–Kier alpha value is -4.06. The number of anilines is 2. The van der Waals surface area contributed by atoms with Crippen LogP contribution in [0.3, 0.4) is 0 Å². The summed E-state index contributed by atoms with van der Waals surface area (Å²) in [6.45, 7) is 2.06. The Balaban J connectivity index is 1.81. The van der Waals surface area contributed by atoms with Crippen LogP contribution in [0.1, 0.15) is 18.1 Å². The monoisotopic (exact) mass is 428 g/mol. The van der Waals surface area contributed by atoms with Gasteiger partial charge in [0.2, 0.25) is 0 Å². The number of aryl methyl sites for hydroxylation is 1. The van der Waals surface area contributed by atoms with Crippen molar-refractivity contribution in [3.8, 4) is 11.5 Å². The first kappa shape index (κ1) is 21.2. The first-order chi connectivity index (χ1) is 15.6. The molecule has 32 heavy (non-hydrogen) atoms. The zero-order valence-corrected chi connectivity index (χ0v) is 18.2. The van der Waals surface area contributed by atoms with E-state index in [2.05, 4.69) is 12.2 Å². The summed E-state index contributed by atoms with van der Waals surface area (Å²) in [5.74, 6) is 0.313. The van der Waals surface area contributed by atoms with Gasteiger partial charge in [0.1, 0.15) is 17.2 Å². The minimum absolute atomic E-state index is 0.187. The predicted octanol–water partition coefficient (Wildman–Crippen LogP) is 4.66. The van der Waals surface area contributed by atoms with Gasteiger partial charge in [0.05, 0.1) is 31.2 Å². The van der Waals surface area contributed by atoms with Crippen LogP contribution in [0.4, 0.5) is 11.4 Å². The summed E-state index contributed by atoms with van der Waals surface area (Å²) in [5.41, 5.74) is 3.33. The van der Waals surface area contributed by atoms with Crippen LogP contribution in [0, 0.1) is 0 Å². The highest BCUT2D eigenvalue weighted by Crippen LogP contribution is 2.37. The minimum atomic E-state index is -0.428. The second kappa shape index (κ2) is 8.98. The van der Waals surface area contributed by atoms with Crippen molar-refractivity contribution in [1.82, 2.24) is 0 Å². The lowest BCUT2D eigenvalue weighted by molar-refractivity contribution is -0.120. The van der Waals surface area contributed by atoms with Gasteiger partial charge in [-0.3, -0.25) is 9.59 Å². The molecular weight excluding hydrogens is 404 g/mol. The molecule has 6 nitrogen and oxygen atoms in total. The molecule has 2 amide bonds. The van der Waals surface area contributed by atoms with Crippen LogP contribution >= 0.6 is 0 Å². The SMILES string of the molecule is CCc1ccc(N2C(=O)C(Nc3cc(OC)ccc3OC)=C(c3ccccc3)C2=O)cc1. The molecule has 4 rings (SSSR count). The maximum atomic E-state index is 13.5. The molecule has 0 aliphatic carbocycles. The van der Waals surface area contributed by atoms with E-state index in [1.165, 1.54) is 4.90 Å². The molecule has 0 atom stereocenters. The molecule has 0 fully saturated rings. The molecule has 162 valence electrons. The summed E-state index contributed by atoms with van der Waals surface area (Å²) < 4.78 is 10.8. The molecule has 6 heteroatoms. The van der Waals surface area contributed by atoms with Crippen molar-refractivity contribution >= 4 is 28.8 Å². The van der Waals surface area contributed by atoms with Crippen LogP contribution < -0.4 is 19.7 Å². The molecule has 1 aliphatic rings. The van der Waals surface area contributed by atoms with Crippen molar-refractivity contribution in [2.45, 2.75) is 13.3 Å². The van der Waals surface area contributed by atoms with E-state index in [0.717, 1.165) is 12.0 Å². The molecular formula is C26H24N2O4. The van der Waals surface area contributed by atoms with Crippen molar-refractivity contribution in [2.24, 2.45) is 0 Å². The molecule has 0 bridgehead atoms. The first-order valence-electron chi connectivity index (χ1n) is 10.3. The molecule has 0 unspecified atom stereocenters. The topological polar surface area (TPSA) is 67.9 Å². The standard InChI is InChI=1S/C26H24N2O4/c1-4-17-10-12-19(13-11-17)28-25(29)23(18-8-6-5-7-9-18)24(26(28)30)27-21-16-20(31-2)14-15-22(21)32-3/h5-16,27H,4H2,1-3H3. The summed E-state index contributed by atoms with van der Waals surface area (Å²) in [5, 5.41) is 3.15. The van der Waals surface area contributed by atoms with Crippen molar-refractivity contribution in [3.63, 3.8) is 0 Å². The van der Waals surface area contributed by atoms with E-state index in [9.17, 15) is 9.59 Å². The average molecular weight is 428 g/mol. The van der Waals surface area contributed by atoms with Gasteiger partial charge < -0.3 is 14.8 Å². The summed E-state index contributed by atoms with van der Waals surface area (Å²) in [6.07, 6.45) is 0.873. The number of imide groups is 1. The Labute approximate surface area is 187 Å². The molecule has 1 N–H and O–H groups in total. The van der Waals surface area contributed by atoms with E-state index in [1.807, 2.05) is 42.5 Å². The van der Waals surface area contributed by atoms with E-state index in [1.54, 1.807) is 44.6 Å². The zero-order valence-electron chi connectivity index (χ0n) is 18.2. The minimum Gasteiger partial charge on any atom is -0.497 e. The van der Waals surface area contributed by atoms with Gasteiger partial charge in [-0.25, -0.2) is 4.90 Å². The van der Waals surface area contributed by atoms with E-state index < -0.39 is 5.91 Å². The number of amides is 2. The number of ether oxygens (including phenoxy) is 2. The van der Waals surface area contributed by atoms with Gasteiger partial charge in [0, 0.05) is 6.07 Å². The molecule has 0 saturated heterocycles. The van der Waals surface area contributed by atoms with Gasteiger partial charge in [-0.2, -0.15) is 0 Å². The van der Waals surface area contributed by atoms with Gasteiger partial charge in [-0.15, -0.1) is 0 Å². The average Bonchev–Trinajstić information content (AvgIpc) is 3.08. The summed E-state index contributed by atoms with van der Waals surface area (Å²) in [6, 6.07) is 21.8. The molecule has 3 aromatic carbocycles. The lowest BCUT2D eigenvalue weighted by atomic mass is 10.0. The van der Waals surface area contributed by atoms with Crippen LogP contribution in [0.5, 0.6) is 11.5 Å². The number of nitrogens with one attached hydrogen (secondary N) is 1. The van der Waals surface area contributed by atoms with E-state index in [-0.39, 0.29) is 11.6 Å². The van der Waals surface area contributed by atoms with Gasteiger partial charge in [-0.05, 0) is 41.8 Å². The van der Waals surface area contributed by atoms with Crippen LogP contribution in [-0.2, 0) is 16.0 Å². The number of hydrogen-bond acceptors (Lipinski definition) is 5. The molecule has 0 radical (unpaired) electrons. The van der Waals surface area contributed by atoms with Crippen molar-refractivity contribution in [3.05, 3.63) is 89.6 Å². The maximum absolute atomic E-state index is 13.5. The van der Waals surface area contributed by atoms with Crippen molar-refractivity contribution < 1.29 is 19.1 Å². The van der Waals surface area contributed by atoms with Crippen molar-refractivity contribution in [2.75, 3.05) is 24.4 Å². The fourth-order valence-electron chi connectivity index (χ4n) is 3.68. The molecule has 0 spiro atoms. The molecule has 0 saturated carbocycles. The largest absolute Gasteiger partial charge is 0.497 e. The third-order valence-corrected chi connectivity index (χ3v) is 5.42. The smallest absolute Gasteiger partial charge is 0.282 e. The third kappa shape index (κ3) is 3.83. The molecule has 0 aromatic heterocycles. The highest BCUT2D eigenvalue weighted by molar-refractivity contribution is 6.46. The Morgan fingerprint density at radius 2 is 1.56 bits per heavy atom. The van der Waals surface area contributed by atoms with Crippen molar-refractivity contribution in [1.29, 1.82) is 0 Å². The number of carbonyl (C=O) groups excluding carboxylic acids is 2. The molecule has 3 aromatic rings. The number of carbonyl (C=O) groups is 2. The predicted molar refractivity (Wildman–Crippen MR) is 125 cm³/mol. The summed E-state index contributed by atoms with van der Waals surface area (Å²) >= 11 is 0. The van der Waals surface area contributed by atoms with E-state index in [0.29, 0.717) is 34.0 Å². The maximum Gasteiger partial charge on any atom is 0.282 e. The summed E-state index contributed by atoms with van der Waals surface area (Å²) in [7, 11) is 3.11. The number of hydrogen-bond donors (Lipinski definition) is 1. The first-order valence-corrected chi connectivity index (χ1v) is 10.3. The molecule has 1 aliphatic heterocycles. The van der Waals surface area contributed by atoms with E-state index in [4.69, 9.17) is 9.47 Å². The highest BCUT2D eigenvalue weighted by Gasteiger charge is 2.40. The lowest BCUT2D eigenvalue weighted by Gasteiger charge is -2.16. The fraction of sp³-hybridized carbons (Fsp3) is 0.154. The van der Waals surface area contributed by atoms with Gasteiger partial charge in [0.15, 0.2) is 0 Å². The zero-order chi connectivity index (χ0) is 22.7. The number of nitrogens with zero attached hydrogens (tertiary/aromatic N) is 1. The normalized spacial score (nSPS) is 13.5.